The van der Waals surface area contributed by atoms with E-state index in [0.717, 1.165) is 36.3 Å². The quantitative estimate of drug-likeness (QED) is 0.403. The van der Waals surface area contributed by atoms with Gasteiger partial charge < -0.3 is 20.9 Å². The van der Waals surface area contributed by atoms with Crippen LogP contribution in [0.15, 0.2) is 84.9 Å². The Hall–Kier alpha value is -3.64. The molecule has 3 aromatic carbocycles. The lowest BCUT2D eigenvalue weighted by Gasteiger charge is -2.20. The first-order valence-electron chi connectivity index (χ1n) is 12.4. The van der Waals surface area contributed by atoms with E-state index in [0.29, 0.717) is 18.7 Å². The second kappa shape index (κ2) is 12.7. The van der Waals surface area contributed by atoms with E-state index in [1.807, 2.05) is 72.8 Å². The fourth-order valence-corrected chi connectivity index (χ4v) is 4.46. The van der Waals surface area contributed by atoms with Crippen LogP contribution in [0, 0.1) is 0 Å². The molecule has 3 aromatic rings. The van der Waals surface area contributed by atoms with Crippen LogP contribution in [0.2, 0.25) is 0 Å². The molecule has 3 N–H and O–H groups in total. The Morgan fingerprint density at radius 1 is 0.800 bits per heavy atom. The highest BCUT2D eigenvalue weighted by atomic mass is 16.2. The van der Waals surface area contributed by atoms with Crippen molar-refractivity contribution in [3.63, 3.8) is 0 Å². The topological polar surface area (TPSA) is 73.5 Å². The van der Waals surface area contributed by atoms with Crippen LogP contribution in [0.3, 0.4) is 0 Å². The number of nitrogens with zero attached hydrogens (tertiary/aromatic N) is 1. The van der Waals surface area contributed by atoms with E-state index >= 15 is 0 Å². The summed E-state index contributed by atoms with van der Waals surface area (Å²) in [5.74, 6) is -0.0438. The van der Waals surface area contributed by atoms with E-state index in [1.54, 1.807) is 0 Å². The van der Waals surface area contributed by atoms with Gasteiger partial charge in [0.25, 0.3) is 0 Å². The average Bonchev–Trinajstić information content (AvgIpc) is 3.39. The van der Waals surface area contributed by atoms with Crippen LogP contribution in [-0.2, 0) is 11.2 Å². The van der Waals surface area contributed by atoms with Crippen LogP contribution in [-0.4, -0.2) is 49.1 Å². The highest BCUT2D eigenvalue weighted by Crippen LogP contribution is 2.21. The zero-order chi connectivity index (χ0) is 24.3. The molecule has 1 aliphatic heterocycles. The molecule has 0 saturated carbocycles. The maximum absolute atomic E-state index is 12.8. The Morgan fingerprint density at radius 3 is 2.11 bits per heavy atom. The number of likely N-dealkylation sites (tertiary alicyclic amines) is 1. The Labute approximate surface area is 207 Å². The molecular formula is C29H34N4O2. The summed E-state index contributed by atoms with van der Waals surface area (Å²) >= 11 is 0. The lowest BCUT2D eigenvalue weighted by Crippen LogP contribution is -2.43. The standard InChI is InChI=1S/C29H34N4O2/c34-28(30-17-20-33-18-7-8-19-33)22-27(21-23-9-3-1-4-10-23)32-29(35)31-26-15-13-25(14-16-26)24-11-5-2-6-12-24/h1-6,9-16,27H,7-8,17-22H2,(H,30,34)(H2,31,32,35). The number of amides is 3. The van der Waals surface area contributed by atoms with Gasteiger partial charge in [0.05, 0.1) is 0 Å². The fraction of sp³-hybridized carbons (Fsp3) is 0.310. The predicted octanol–water partition coefficient (Wildman–Crippen LogP) is 4.69. The third kappa shape index (κ3) is 7.97. The molecule has 0 spiro atoms. The van der Waals surface area contributed by atoms with Gasteiger partial charge in [-0.15, -0.1) is 0 Å². The third-order valence-electron chi connectivity index (χ3n) is 6.29. The molecule has 1 saturated heterocycles. The number of urea groups is 1. The number of hydrogen-bond donors (Lipinski definition) is 3. The average molecular weight is 471 g/mol. The number of anilines is 1. The third-order valence-corrected chi connectivity index (χ3v) is 6.29. The maximum atomic E-state index is 12.8. The molecular weight excluding hydrogens is 436 g/mol. The lowest BCUT2D eigenvalue weighted by molar-refractivity contribution is -0.121. The molecule has 1 atom stereocenters. The zero-order valence-corrected chi connectivity index (χ0v) is 20.1. The molecule has 0 aromatic heterocycles. The van der Waals surface area contributed by atoms with Crippen molar-refractivity contribution in [3.8, 4) is 11.1 Å². The van der Waals surface area contributed by atoms with Crippen molar-refractivity contribution in [3.05, 3.63) is 90.5 Å². The number of hydrogen-bond acceptors (Lipinski definition) is 3. The summed E-state index contributed by atoms with van der Waals surface area (Å²) in [4.78, 5) is 27.8. The molecule has 35 heavy (non-hydrogen) atoms. The number of benzene rings is 3. The number of carbonyl (C=O) groups excluding carboxylic acids is 2. The first-order chi connectivity index (χ1) is 17.2. The van der Waals surface area contributed by atoms with Gasteiger partial charge in [-0.05, 0) is 61.2 Å². The van der Waals surface area contributed by atoms with Gasteiger partial charge in [0.2, 0.25) is 5.91 Å². The molecule has 1 unspecified atom stereocenters. The molecule has 6 nitrogen and oxygen atoms in total. The first kappa shape index (κ1) is 24.5. The summed E-state index contributed by atoms with van der Waals surface area (Å²) in [6, 6.07) is 27.2. The molecule has 0 bridgehead atoms. The van der Waals surface area contributed by atoms with Crippen LogP contribution >= 0.6 is 0 Å². The smallest absolute Gasteiger partial charge is 0.319 e. The van der Waals surface area contributed by atoms with Gasteiger partial charge in [-0.2, -0.15) is 0 Å². The van der Waals surface area contributed by atoms with E-state index < -0.39 is 0 Å². The van der Waals surface area contributed by atoms with Crippen molar-refractivity contribution in [1.29, 1.82) is 0 Å². The van der Waals surface area contributed by atoms with Gasteiger partial charge in [-0.1, -0.05) is 72.8 Å². The second-order valence-electron chi connectivity index (χ2n) is 9.03. The lowest BCUT2D eigenvalue weighted by atomic mass is 10.0. The minimum Gasteiger partial charge on any atom is -0.355 e. The van der Waals surface area contributed by atoms with E-state index in [1.165, 1.54) is 12.8 Å². The minimum absolute atomic E-state index is 0.0438. The van der Waals surface area contributed by atoms with Crippen LogP contribution in [0.25, 0.3) is 11.1 Å². The summed E-state index contributed by atoms with van der Waals surface area (Å²) in [5.41, 5.74) is 4.00. The van der Waals surface area contributed by atoms with E-state index in [2.05, 4.69) is 33.0 Å². The largest absolute Gasteiger partial charge is 0.355 e. The Morgan fingerprint density at radius 2 is 1.43 bits per heavy atom. The Bertz CT molecular complexity index is 1060. The monoisotopic (exact) mass is 470 g/mol. The highest BCUT2D eigenvalue weighted by Gasteiger charge is 2.18. The summed E-state index contributed by atoms with van der Waals surface area (Å²) < 4.78 is 0. The predicted molar refractivity (Wildman–Crippen MR) is 141 cm³/mol. The molecule has 6 heteroatoms. The maximum Gasteiger partial charge on any atom is 0.319 e. The van der Waals surface area contributed by atoms with Crippen molar-refractivity contribution in [1.82, 2.24) is 15.5 Å². The van der Waals surface area contributed by atoms with Crippen molar-refractivity contribution >= 4 is 17.6 Å². The van der Waals surface area contributed by atoms with Gasteiger partial charge in [-0.3, -0.25) is 4.79 Å². The molecule has 182 valence electrons. The summed E-state index contributed by atoms with van der Waals surface area (Å²) in [6.45, 7) is 3.74. The molecule has 1 fully saturated rings. The summed E-state index contributed by atoms with van der Waals surface area (Å²) in [6.07, 6.45) is 3.29. The van der Waals surface area contributed by atoms with Crippen molar-refractivity contribution in [2.45, 2.75) is 31.7 Å². The molecule has 3 amide bonds. The highest BCUT2D eigenvalue weighted by molar-refractivity contribution is 5.90. The molecule has 0 radical (unpaired) electrons. The van der Waals surface area contributed by atoms with Crippen molar-refractivity contribution in [2.75, 3.05) is 31.5 Å². The van der Waals surface area contributed by atoms with Crippen molar-refractivity contribution < 1.29 is 9.59 Å². The minimum atomic E-state index is -0.316. The van der Waals surface area contributed by atoms with Crippen LogP contribution in [0.1, 0.15) is 24.8 Å². The molecule has 1 heterocycles. The number of nitrogens with one attached hydrogen (secondary N) is 3. The summed E-state index contributed by atoms with van der Waals surface area (Å²) in [7, 11) is 0. The van der Waals surface area contributed by atoms with E-state index in [-0.39, 0.29) is 24.4 Å². The normalized spacial score (nSPS) is 14.3. The van der Waals surface area contributed by atoms with Crippen LogP contribution in [0.5, 0.6) is 0 Å². The molecule has 1 aliphatic rings. The Kier molecular flexibility index (Phi) is 8.90. The second-order valence-corrected chi connectivity index (χ2v) is 9.03. The van der Waals surface area contributed by atoms with Crippen LogP contribution < -0.4 is 16.0 Å². The fourth-order valence-electron chi connectivity index (χ4n) is 4.46. The van der Waals surface area contributed by atoms with Gasteiger partial charge in [0.1, 0.15) is 0 Å². The molecule has 0 aliphatic carbocycles. The SMILES string of the molecule is O=C(CC(Cc1ccccc1)NC(=O)Nc1ccc(-c2ccccc2)cc1)NCCN1CCCC1. The first-order valence-corrected chi connectivity index (χ1v) is 12.4. The van der Waals surface area contributed by atoms with E-state index in [9.17, 15) is 9.59 Å². The van der Waals surface area contributed by atoms with Gasteiger partial charge in [0.15, 0.2) is 0 Å². The molecule has 4 rings (SSSR count). The Balaban J connectivity index is 1.31. The number of rotatable bonds is 10. The van der Waals surface area contributed by atoms with Gasteiger partial charge in [0, 0.05) is 31.2 Å². The zero-order valence-electron chi connectivity index (χ0n) is 20.1. The summed E-state index contributed by atoms with van der Waals surface area (Å²) in [5, 5.41) is 8.92. The van der Waals surface area contributed by atoms with Gasteiger partial charge in [-0.25, -0.2) is 4.79 Å². The van der Waals surface area contributed by atoms with E-state index in [4.69, 9.17) is 0 Å². The van der Waals surface area contributed by atoms with Gasteiger partial charge >= 0.3 is 6.03 Å². The van der Waals surface area contributed by atoms with Crippen LogP contribution in [0.4, 0.5) is 10.5 Å². The van der Waals surface area contributed by atoms with Crippen molar-refractivity contribution in [2.24, 2.45) is 0 Å². The number of carbonyl (C=O) groups is 2.